The molecule has 0 aromatic heterocycles. The molecular formula is C17H18N2O3. The molecule has 4 rings (SSSR count). The summed E-state index contributed by atoms with van der Waals surface area (Å²) in [6.45, 7) is 1.89. The Kier molecular flexibility index (Phi) is 2.58. The molecule has 0 radical (unpaired) electrons. The summed E-state index contributed by atoms with van der Waals surface area (Å²) < 4.78 is 5.82. The third-order valence-corrected chi connectivity index (χ3v) is 4.95. The van der Waals surface area contributed by atoms with E-state index in [-0.39, 0.29) is 23.8 Å². The van der Waals surface area contributed by atoms with E-state index >= 15 is 0 Å². The zero-order valence-electron chi connectivity index (χ0n) is 12.8. The van der Waals surface area contributed by atoms with Gasteiger partial charge in [0.1, 0.15) is 0 Å². The molecule has 0 unspecified atom stereocenters. The zero-order chi connectivity index (χ0) is 15.6. The van der Waals surface area contributed by atoms with Crippen molar-refractivity contribution in [1.29, 1.82) is 0 Å². The predicted octanol–water partition coefficient (Wildman–Crippen LogP) is 1.59. The summed E-state index contributed by atoms with van der Waals surface area (Å²) in [6.07, 6.45) is 3.56. The number of carbonyl (C=O) groups is 2. The van der Waals surface area contributed by atoms with E-state index in [0.29, 0.717) is 5.69 Å². The number of rotatable bonds is 2. The van der Waals surface area contributed by atoms with E-state index in [1.807, 2.05) is 62.3 Å². The minimum Gasteiger partial charge on any atom is -0.378 e. The molecule has 2 amide bonds. The zero-order valence-corrected chi connectivity index (χ0v) is 12.8. The molecule has 0 saturated carbocycles. The molecule has 4 atom stereocenters. The number of hydrogen-bond donors (Lipinski definition) is 0. The first-order chi connectivity index (χ1) is 10.4. The highest BCUT2D eigenvalue weighted by Crippen LogP contribution is 2.52. The monoisotopic (exact) mass is 298 g/mol. The second kappa shape index (κ2) is 4.20. The highest BCUT2D eigenvalue weighted by Gasteiger charge is 2.65. The Bertz CT molecular complexity index is 694. The van der Waals surface area contributed by atoms with Crippen LogP contribution in [-0.4, -0.2) is 37.6 Å². The number of benzene rings is 1. The molecule has 3 heterocycles. The smallest absolute Gasteiger partial charge is 0.241 e. The minimum atomic E-state index is -0.638. The summed E-state index contributed by atoms with van der Waals surface area (Å²) in [4.78, 5) is 28.8. The van der Waals surface area contributed by atoms with Gasteiger partial charge in [0.2, 0.25) is 11.8 Å². The number of nitrogens with zero attached hydrogens (tertiary/aromatic N) is 2. The molecule has 2 saturated heterocycles. The van der Waals surface area contributed by atoms with Crippen molar-refractivity contribution in [1.82, 2.24) is 0 Å². The summed E-state index contributed by atoms with van der Waals surface area (Å²) >= 11 is 0. The Balaban J connectivity index is 1.70. The van der Waals surface area contributed by atoms with E-state index in [1.165, 1.54) is 4.90 Å². The Morgan fingerprint density at radius 1 is 1.14 bits per heavy atom. The van der Waals surface area contributed by atoms with Crippen molar-refractivity contribution in [2.75, 3.05) is 23.9 Å². The first kappa shape index (κ1) is 13.5. The molecule has 0 aliphatic carbocycles. The molecule has 3 aliphatic heterocycles. The van der Waals surface area contributed by atoms with Crippen LogP contribution in [0.1, 0.15) is 6.92 Å². The Labute approximate surface area is 129 Å². The number of amides is 2. The van der Waals surface area contributed by atoms with Gasteiger partial charge in [-0.25, -0.2) is 4.90 Å². The Morgan fingerprint density at radius 3 is 2.41 bits per heavy atom. The van der Waals surface area contributed by atoms with Gasteiger partial charge in [0, 0.05) is 19.8 Å². The van der Waals surface area contributed by atoms with E-state index in [0.717, 1.165) is 5.69 Å². The lowest BCUT2D eigenvalue weighted by molar-refractivity contribution is -0.126. The largest absolute Gasteiger partial charge is 0.378 e. The van der Waals surface area contributed by atoms with Gasteiger partial charge in [-0.3, -0.25) is 9.59 Å². The topological polar surface area (TPSA) is 49.9 Å². The van der Waals surface area contributed by atoms with Gasteiger partial charge in [0.25, 0.3) is 0 Å². The van der Waals surface area contributed by atoms with E-state index in [2.05, 4.69) is 0 Å². The van der Waals surface area contributed by atoms with Crippen LogP contribution in [0.4, 0.5) is 11.4 Å². The summed E-state index contributed by atoms with van der Waals surface area (Å²) in [6, 6.07) is 7.47. The second-order valence-corrected chi connectivity index (χ2v) is 6.55. The van der Waals surface area contributed by atoms with E-state index < -0.39 is 11.5 Å². The average molecular weight is 298 g/mol. The van der Waals surface area contributed by atoms with E-state index in [4.69, 9.17) is 4.74 Å². The number of anilines is 2. The third-order valence-electron chi connectivity index (χ3n) is 4.95. The fourth-order valence-electron chi connectivity index (χ4n) is 3.81. The highest BCUT2D eigenvalue weighted by atomic mass is 16.5. The minimum absolute atomic E-state index is 0.148. The summed E-state index contributed by atoms with van der Waals surface area (Å²) in [5.41, 5.74) is 1.03. The van der Waals surface area contributed by atoms with E-state index in [1.54, 1.807) is 0 Å². The van der Waals surface area contributed by atoms with Crippen molar-refractivity contribution in [2.45, 2.75) is 18.6 Å². The Morgan fingerprint density at radius 2 is 1.82 bits per heavy atom. The molecule has 0 spiro atoms. The number of carbonyl (C=O) groups excluding carboxylic acids is 2. The van der Waals surface area contributed by atoms with E-state index in [9.17, 15) is 9.59 Å². The van der Waals surface area contributed by atoms with Crippen LogP contribution in [0.5, 0.6) is 0 Å². The predicted molar refractivity (Wildman–Crippen MR) is 82.7 cm³/mol. The van der Waals surface area contributed by atoms with Gasteiger partial charge in [-0.15, -0.1) is 0 Å². The van der Waals surface area contributed by atoms with Gasteiger partial charge in [-0.2, -0.15) is 0 Å². The molecule has 114 valence electrons. The molecule has 3 aliphatic rings. The van der Waals surface area contributed by atoms with Crippen LogP contribution in [0, 0.1) is 11.8 Å². The van der Waals surface area contributed by atoms with Crippen molar-refractivity contribution < 1.29 is 14.3 Å². The molecule has 2 bridgehead atoms. The first-order valence-corrected chi connectivity index (χ1v) is 7.45. The average Bonchev–Trinajstić information content (AvgIpc) is 3.08. The Hall–Kier alpha value is -2.14. The van der Waals surface area contributed by atoms with Crippen LogP contribution in [-0.2, 0) is 14.3 Å². The lowest BCUT2D eigenvalue weighted by Crippen LogP contribution is -2.38. The van der Waals surface area contributed by atoms with Gasteiger partial charge in [-0.1, -0.05) is 12.2 Å². The van der Waals surface area contributed by atoms with Gasteiger partial charge >= 0.3 is 0 Å². The number of imide groups is 1. The molecule has 2 fully saturated rings. The molecule has 0 N–H and O–H groups in total. The van der Waals surface area contributed by atoms with Crippen LogP contribution < -0.4 is 9.80 Å². The summed E-state index contributed by atoms with van der Waals surface area (Å²) in [7, 11) is 3.90. The normalized spacial score (nSPS) is 35.4. The van der Waals surface area contributed by atoms with Crippen molar-refractivity contribution in [2.24, 2.45) is 11.8 Å². The fraction of sp³-hybridized carbons (Fsp3) is 0.412. The fourth-order valence-corrected chi connectivity index (χ4v) is 3.81. The summed E-state index contributed by atoms with van der Waals surface area (Å²) in [5, 5.41) is 0. The maximum atomic E-state index is 12.8. The molecule has 1 aromatic carbocycles. The van der Waals surface area contributed by atoms with Crippen LogP contribution >= 0.6 is 0 Å². The van der Waals surface area contributed by atoms with Crippen molar-refractivity contribution in [3.63, 3.8) is 0 Å². The maximum Gasteiger partial charge on any atom is 0.241 e. The molecular weight excluding hydrogens is 280 g/mol. The summed E-state index contributed by atoms with van der Waals surface area (Å²) in [5.74, 6) is -1.08. The molecule has 22 heavy (non-hydrogen) atoms. The molecule has 5 nitrogen and oxygen atoms in total. The van der Waals surface area contributed by atoms with Gasteiger partial charge in [0.15, 0.2) is 0 Å². The van der Waals surface area contributed by atoms with Crippen LogP contribution in [0.3, 0.4) is 0 Å². The van der Waals surface area contributed by atoms with Gasteiger partial charge < -0.3 is 9.64 Å². The van der Waals surface area contributed by atoms with Crippen molar-refractivity contribution in [3.8, 4) is 0 Å². The van der Waals surface area contributed by atoms with Crippen molar-refractivity contribution >= 4 is 23.2 Å². The standard InChI is InChI=1S/C17H18N2O3/c1-17-9-8-12(22-17)13-14(17)16(21)19(15(13)20)11-6-4-10(5-7-11)18(2)3/h4-9,12-14H,1-3H3/t12-,13+,14-,17-/m1/s1. The second-order valence-electron chi connectivity index (χ2n) is 6.55. The van der Waals surface area contributed by atoms with Crippen LogP contribution in [0.25, 0.3) is 0 Å². The molecule has 1 aromatic rings. The van der Waals surface area contributed by atoms with Crippen LogP contribution in [0.2, 0.25) is 0 Å². The quantitative estimate of drug-likeness (QED) is 0.614. The first-order valence-electron chi connectivity index (χ1n) is 7.45. The lowest BCUT2D eigenvalue weighted by atomic mass is 9.78. The van der Waals surface area contributed by atoms with Crippen LogP contribution in [0.15, 0.2) is 36.4 Å². The van der Waals surface area contributed by atoms with Gasteiger partial charge in [0.05, 0.1) is 29.2 Å². The number of hydrogen-bond acceptors (Lipinski definition) is 4. The maximum absolute atomic E-state index is 12.8. The number of fused-ring (bicyclic) bond motifs is 5. The molecule has 5 heteroatoms. The van der Waals surface area contributed by atoms with Crippen molar-refractivity contribution in [3.05, 3.63) is 36.4 Å². The SMILES string of the molecule is CN(C)c1ccc(N2C(=O)[C@H]3[C@H]4C=C[C@@](C)(O4)[C@H]3C2=O)cc1. The number of ether oxygens (including phenoxy) is 1. The van der Waals surface area contributed by atoms with Gasteiger partial charge in [-0.05, 0) is 31.2 Å². The highest BCUT2D eigenvalue weighted by molar-refractivity contribution is 6.23. The third kappa shape index (κ3) is 1.57. The lowest BCUT2D eigenvalue weighted by Gasteiger charge is -2.24.